The molecule has 12 heteroatoms. The van der Waals surface area contributed by atoms with Gasteiger partial charge in [0.25, 0.3) is 11.4 Å². The van der Waals surface area contributed by atoms with E-state index in [4.69, 9.17) is 26.4 Å². The first-order chi connectivity index (χ1) is 15.8. The van der Waals surface area contributed by atoms with Crippen LogP contribution >= 0.6 is 12.2 Å². The van der Waals surface area contributed by atoms with Crippen LogP contribution in [0.1, 0.15) is 35.2 Å². The molecule has 0 spiro atoms. The maximum absolute atomic E-state index is 12.8. The van der Waals surface area contributed by atoms with Crippen LogP contribution in [-0.4, -0.2) is 53.0 Å². The van der Waals surface area contributed by atoms with Crippen LogP contribution in [0, 0.1) is 20.2 Å². The predicted molar refractivity (Wildman–Crippen MR) is 121 cm³/mol. The Kier molecular flexibility index (Phi) is 7.38. The van der Waals surface area contributed by atoms with Crippen LogP contribution in [0.5, 0.6) is 17.2 Å². The van der Waals surface area contributed by atoms with E-state index in [1.807, 2.05) is 0 Å². The minimum atomic E-state index is -1.10. The zero-order chi connectivity index (χ0) is 24.1. The summed E-state index contributed by atoms with van der Waals surface area (Å²) in [7, 11) is 2.74. The number of hydrogen-bond donors (Lipinski definition) is 0. The predicted octanol–water partition coefficient (Wildman–Crippen LogP) is 3.90. The third kappa shape index (κ3) is 5.17. The summed E-state index contributed by atoms with van der Waals surface area (Å²) in [6.45, 7) is 1.67. The molecule has 0 aliphatic carbocycles. The summed E-state index contributed by atoms with van der Waals surface area (Å²) in [5.74, 6) is -0.911. The van der Waals surface area contributed by atoms with Crippen molar-refractivity contribution >= 4 is 34.6 Å². The molecule has 1 saturated heterocycles. The average molecular weight is 475 g/mol. The number of hydrogen-bond acceptors (Lipinski definition) is 9. The number of nitro benzene ring substituents is 2. The molecule has 0 bridgehead atoms. The SMILES string of the molecule is COc1cc(C(=S)N2CCCCC2)cc(OC)c1OC(=O)c1ccc([N+](=O)[O-])cc1[N+](=O)[O-]. The number of ether oxygens (including phenoxy) is 3. The van der Waals surface area contributed by atoms with Crippen molar-refractivity contribution in [3.8, 4) is 17.2 Å². The number of benzene rings is 2. The minimum Gasteiger partial charge on any atom is -0.493 e. The van der Waals surface area contributed by atoms with Gasteiger partial charge in [0.2, 0.25) is 5.75 Å². The lowest BCUT2D eigenvalue weighted by atomic mass is 10.1. The van der Waals surface area contributed by atoms with E-state index in [1.165, 1.54) is 14.2 Å². The summed E-state index contributed by atoms with van der Waals surface area (Å²) in [5, 5.41) is 22.3. The molecule has 2 aromatic carbocycles. The van der Waals surface area contributed by atoms with E-state index in [1.54, 1.807) is 12.1 Å². The Morgan fingerprint density at radius 3 is 2.09 bits per heavy atom. The Labute approximate surface area is 194 Å². The third-order valence-corrected chi connectivity index (χ3v) is 5.65. The number of piperidine rings is 1. The molecule has 3 rings (SSSR count). The number of nitrogens with zero attached hydrogens (tertiary/aromatic N) is 3. The molecule has 0 aromatic heterocycles. The van der Waals surface area contributed by atoms with Crippen molar-refractivity contribution in [3.63, 3.8) is 0 Å². The van der Waals surface area contributed by atoms with E-state index in [-0.39, 0.29) is 17.2 Å². The van der Waals surface area contributed by atoms with Crippen LogP contribution in [-0.2, 0) is 0 Å². The van der Waals surface area contributed by atoms with Gasteiger partial charge in [-0.3, -0.25) is 20.2 Å². The first kappa shape index (κ1) is 23.9. The number of carbonyl (C=O) groups excluding carboxylic acids is 1. The van der Waals surface area contributed by atoms with Crippen molar-refractivity contribution in [3.05, 3.63) is 61.7 Å². The molecule has 174 valence electrons. The first-order valence-corrected chi connectivity index (χ1v) is 10.4. The van der Waals surface area contributed by atoms with E-state index in [0.29, 0.717) is 16.6 Å². The van der Waals surface area contributed by atoms with Crippen molar-refractivity contribution in [1.82, 2.24) is 4.90 Å². The number of esters is 1. The fourth-order valence-electron chi connectivity index (χ4n) is 3.49. The van der Waals surface area contributed by atoms with Gasteiger partial charge in [-0.05, 0) is 37.5 Å². The third-order valence-electron chi connectivity index (χ3n) is 5.15. The average Bonchev–Trinajstić information content (AvgIpc) is 2.83. The summed E-state index contributed by atoms with van der Waals surface area (Å²) in [4.78, 5) is 36.1. The first-order valence-electron chi connectivity index (χ1n) is 9.97. The molecule has 33 heavy (non-hydrogen) atoms. The number of likely N-dealkylation sites (tertiary alicyclic amines) is 1. The fraction of sp³-hybridized carbons (Fsp3) is 0.333. The second-order valence-corrected chi connectivity index (χ2v) is 7.55. The zero-order valence-corrected chi connectivity index (χ0v) is 18.8. The monoisotopic (exact) mass is 475 g/mol. The topological polar surface area (TPSA) is 134 Å². The van der Waals surface area contributed by atoms with E-state index >= 15 is 0 Å². The highest BCUT2D eigenvalue weighted by molar-refractivity contribution is 7.80. The molecule has 0 saturated carbocycles. The van der Waals surface area contributed by atoms with Crippen LogP contribution < -0.4 is 14.2 Å². The zero-order valence-electron chi connectivity index (χ0n) is 17.9. The van der Waals surface area contributed by atoms with Crippen molar-refractivity contribution in [1.29, 1.82) is 0 Å². The van der Waals surface area contributed by atoms with Crippen molar-refractivity contribution in [2.45, 2.75) is 19.3 Å². The lowest BCUT2D eigenvalue weighted by Gasteiger charge is -2.29. The van der Waals surface area contributed by atoms with Gasteiger partial charge >= 0.3 is 5.97 Å². The summed E-state index contributed by atoms with van der Waals surface area (Å²) in [6, 6.07) is 5.86. The number of thiocarbonyl (C=S) groups is 1. The fourth-order valence-corrected chi connectivity index (χ4v) is 3.79. The number of methoxy groups -OCH3 is 2. The van der Waals surface area contributed by atoms with Gasteiger partial charge in [0.1, 0.15) is 10.6 Å². The Hall–Kier alpha value is -3.80. The molecule has 0 atom stereocenters. The second-order valence-electron chi connectivity index (χ2n) is 7.17. The number of nitro groups is 2. The highest BCUT2D eigenvalue weighted by Crippen LogP contribution is 2.40. The molecular formula is C21H21N3O8S. The lowest BCUT2D eigenvalue weighted by Crippen LogP contribution is -2.34. The van der Waals surface area contributed by atoms with E-state index in [9.17, 15) is 25.0 Å². The van der Waals surface area contributed by atoms with Gasteiger partial charge in [-0.15, -0.1) is 0 Å². The molecule has 0 radical (unpaired) electrons. The van der Waals surface area contributed by atoms with Gasteiger partial charge in [0.15, 0.2) is 11.5 Å². The smallest absolute Gasteiger partial charge is 0.350 e. The highest BCUT2D eigenvalue weighted by Gasteiger charge is 2.28. The second kappa shape index (κ2) is 10.2. The van der Waals surface area contributed by atoms with Gasteiger partial charge in [-0.2, -0.15) is 0 Å². The van der Waals surface area contributed by atoms with E-state index < -0.39 is 32.8 Å². The molecule has 0 amide bonds. The molecule has 1 aliphatic heterocycles. The van der Waals surface area contributed by atoms with Crippen LogP contribution in [0.4, 0.5) is 11.4 Å². The van der Waals surface area contributed by atoms with Crippen LogP contribution in [0.2, 0.25) is 0 Å². The molecule has 0 N–H and O–H groups in total. The molecule has 1 heterocycles. The van der Waals surface area contributed by atoms with E-state index in [2.05, 4.69) is 4.90 Å². The quantitative estimate of drug-likeness (QED) is 0.191. The minimum absolute atomic E-state index is 0.0946. The maximum Gasteiger partial charge on any atom is 0.350 e. The number of non-ortho nitro benzene ring substituents is 1. The number of carbonyl (C=O) groups is 1. The van der Waals surface area contributed by atoms with Gasteiger partial charge in [0, 0.05) is 24.7 Å². The van der Waals surface area contributed by atoms with Gasteiger partial charge in [-0.25, -0.2) is 4.79 Å². The Bertz CT molecular complexity index is 1090. The Morgan fingerprint density at radius 1 is 0.970 bits per heavy atom. The normalized spacial score (nSPS) is 13.2. The van der Waals surface area contributed by atoms with Crippen LogP contribution in [0.3, 0.4) is 0 Å². The molecule has 11 nitrogen and oxygen atoms in total. The molecule has 2 aromatic rings. The van der Waals surface area contributed by atoms with E-state index in [0.717, 1.165) is 44.5 Å². The standard InChI is InChI=1S/C21H21N3O8S/c1-30-17-10-13(20(33)22-8-4-3-5-9-22)11-18(31-2)19(17)32-21(25)15-7-6-14(23(26)27)12-16(15)24(28)29/h6-7,10-12H,3-5,8-9H2,1-2H3. The number of rotatable bonds is 7. The summed E-state index contributed by atoms with van der Waals surface area (Å²) >= 11 is 5.62. The van der Waals surface area contributed by atoms with Crippen molar-refractivity contribution in [2.24, 2.45) is 0 Å². The summed E-state index contributed by atoms with van der Waals surface area (Å²) < 4.78 is 16.1. The molecular weight excluding hydrogens is 454 g/mol. The molecule has 1 fully saturated rings. The summed E-state index contributed by atoms with van der Waals surface area (Å²) in [5.41, 5.74) is -1.09. The lowest BCUT2D eigenvalue weighted by molar-refractivity contribution is -0.394. The van der Waals surface area contributed by atoms with Crippen LogP contribution in [0.15, 0.2) is 30.3 Å². The molecule has 0 unspecified atom stereocenters. The highest BCUT2D eigenvalue weighted by atomic mass is 32.1. The van der Waals surface area contributed by atoms with Crippen molar-refractivity contribution in [2.75, 3.05) is 27.3 Å². The molecule has 1 aliphatic rings. The largest absolute Gasteiger partial charge is 0.493 e. The van der Waals surface area contributed by atoms with Gasteiger partial charge < -0.3 is 19.1 Å². The van der Waals surface area contributed by atoms with Crippen molar-refractivity contribution < 1.29 is 28.9 Å². The van der Waals surface area contributed by atoms with Gasteiger partial charge in [0.05, 0.1) is 30.1 Å². The van der Waals surface area contributed by atoms with Gasteiger partial charge in [-0.1, -0.05) is 12.2 Å². The Balaban J connectivity index is 1.96. The maximum atomic E-state index is 12.8. The Morgan fingerprint density at radius 2 is 1.58 bits per heavy atom. The van der Waals surface area contributed by atoms with Crippen LogP contribution in [0.25, 0.3) is 0 Å². The summed E-state index contributed by atoms with van der Waals surface area (Å²) in [6.07, 6.45) is 3.23.